The average molecular weight is 239 g/mol. The number of aliphatic hydroxyl groups is 1. The van der Waals surface area contributed by atoms with E-state index in [0.29, 0.717) is 6.42 Å². The molecular formula is C9H16Cl2N2O. The van der Waals surface area contributed by atoms with Gasteiger partial charge < -0.3 is 10.8 Å². The number of aliphatic hydroxyl groups excluding tert-OH is 1. The Morgan fingerprint density at radius 1 is 1.36 bits per heavy atom. The van der Waals surface area contributed by atoms with Gasteiger partial charge in [-0.25, -0.2) is 0 Å². The van der Waals surface area contributed by atoms with E-state index in [0.717, 1.165) is 5.56 Å². The molecule has 1 aromatic heterocycles. The van der Waals surface area contributed by atoms with Gasteiger partial charge in [0.15, 0.2) is 0 Å². The van der Waals surface area contributed by atoms with Crippen LogP contribution in [-0.4, -0.2) is 22.2 Å². The number of rotatable bonds is 3. The summed E-state index contributed by atoms with van der Waals surface area (Å²) in [5.41, 5.74) is 6.79. The van der Waals surface area contributed by atoms with E-state index in [-0.39, 0.29) is 30.9 Å². The lowest BCUT2D eigenvalue weighted by atomic mass is 10.0. The molecule has 14 heavy (non-hydrogen) atoms. The molecule has 1 aromatic rings. The third kappa shape index (κ3) is 5.40. The van der Waals surface area contributed by atoms with Crippen molar-refractivity contribution >= 4 is 24.8 Å². The van der Waals surface area contributed by atoms with Crippen LogP contribution >= 0.6 is 24.8 Å². The molecule has 0 radical (unpaired) electrons. The van der Waals surface area contributed by atoms with Crippen molar-refractivity contribution < 1.29 is 5.11 Å². The van der Waals surface area contributed by atoms with E-state index in [1.807, 2.05) is 12.1 Å². The molecule has 0 spiro atoms. The highest BCUT2D eigenvalue weighted by atomic mass is 35.5. The molecule has 3 nitrogen and oxygen atoms in total. The van der Waals surface area contributed by atoms with Crippen molar-refractivity contribution in [3.63, 3.8) is 0 Å². The number of nitrogens with zero attached hydrogens (tertiary/aromatic N) is 1. The van der Waals surface area contributed by atoms with Crippen LogP contribution in [0.3, 0.4) is 0 Å². The van der Waals surface area contributed by atoms with Crippen LogP contribution in [0.1, 0.15) is 12.5 Å². The van der Waals surface area contributed by atoms with Crippen molar-refractivity contribution in [2.75, 3.05) is 0 Å². The van der Waals surface area contributed by atoms with Gasteiger partial charge in [-0.15, -0.1) is 24.8 Å². The van der Waals surface area contributed by atoms with Crippen LogP contribution in [0.15, 0.2) is 24.5 Å². The minimum atomic E-state index is -0.460. The number of nitrogens with two attached hydrogens (primary N) is 1. The highest BCUT2D eigenvalue weighted by Gasteiger charge is 2.08. The Morgan fingerprint density at radius 3 is 2.29 bits per heavy atom. The molecule has 2 atom stereocenters. The van der Waals surface area contributed by atoms with E-state index in [9.17, 15) is 0 Å². The number of pyridine rings is 1. The molecule has 0 aliphatic rings. The Morgan fingerprint density at radius 2 is 1.86 bits per heavy atom. The molecule has 0 aromatic carbocycles. The summed E-state index contributed by atoms with van der Waals surface area (Å²) < 4.78 is 0. The monoisotopic (exact) mass is 238 g/mol. The van der Waals surface area contributed by atoms with Gasteiger partial charge >= 0.3 is 0 Å². The lowest BCUT2D eigenvalue weighted by Crippen LogP contribution is -2.34. The SMILES string of the molecule is C[C@H](O)[C@@H](N)Cc1ccncc1.Cl.Cl. The zero-order valence-electron chi connectivity index (χ0n) is 7.96. The average Bonchev–Trinajstić information content (AvgIpc) is 2.06. The highest BCUT2D eigenvalue weighted by molar-refractivity contribution is 5.85. The standard InChI is InChI=1S/C9H14N2O.2ClH/c1-7(12)9(10)6-8-2-4-11-5-3-8;;/h2-5,7,9,12H,6,10H2,1H3;2*1H/t7-,9-;;/m0../s1. The van der Waals surface area contributed by atoms with Crippen LogP contribution < -0.4 is 5.73 Å². The predicted molar refractivity (Wildman–Crippen MR) is 62.1 cm³/mol. The summed E-state index contributed by atoms with van der Waals surface area (Å²) in [4.78, 5) is 3.89. The summed E-state index contributed by atoms with van der Waals surface area (Å²) in [5.74, 6) is 0. The maximum atomic E-state index is 9.14. The van der Waals surface area contributed by atoms with E-state index in [1.165, 1.54) is 0 Å². The zero-order chi connectivity index (χ0) is 8.97. The second-order valence-corrected chi connectivity index (χ2v) is 2.96. The maximum absolute atomic E-state index is 9.14. The van der Waals surface area contributed by atoms with E-state index < -0.39 is 6.10 Å². The summed E-state index contributed by atoms with van der Waals surface area (Å²) in [6.07, 6.45) is 3.69. The van der Waals surface area contributed by atoms with Gasteiger partial charge in [-0.3, -0.25) is 4.98 Å². The molecule has 0 aliphatic carbocycles. The Hall–Kier alpha value is -0.350. The molecule has 0 unspecified atom stereocenters. The van der Waals surface area contributed by atoms with Crippen molar-refractivity contribution in [1.82, 2.24) is 4.98 Å². The molecule has 1 rings (SSSR count). The van der Waals surface area contributed by atoms with Gasteiger partial charge in [-0.05, 0) is 31.0 Å². The molecule has 0 bridgehead atoms. The van der Waals surface area contributed by atoms with Gasteiger partial charge in [0.1, 0.15) is 0 Å². The lowest BCUT2D eigenvalue weighted by Gasteiger charge is -2.13. The molecule has 0 saturated heterocycles. The van der Waals surface area contributed by atoms with Crippen LogP contribution in [0, 0.1) is 0 Å². The first-order valence-electron chi connectivity index (χ1n) is 4.02. The van der Waals surface area contributed by atoms with Gasteiger partial charge in [0.2, 0.25) is 0 Å². The quantitative estimate of drug-likeness (QED) is 0.832. The number of hydrogen-bond donors (Lipinski definition) is 2. The summed E-state index contributed by atoms with van der Waals surface area (Å²) >= 11 is 0. The van der Waals surface area contributed by atoms with Gasteiger partial charge in [0.25, 0.3) is 0 Å². The van der Waals surface area contributed by atoms with Crippen LogP contribution in [-0.2, 0) is 6.42 Å². The molecular weight excluding hydrogens is 223 g/mol. The fourth-order valence-corrected chi connectivity index (χ4v) is 0.962. The minimum absolute atomic E-state index is 0. The minimum Gasteiger partial charge on any atom is -0.392 e. The number of hydrogen-bond acceptors (Lipinski definition) is 3. The molecule has 1 heterocycles. The first kappa shape index (κ1) is 16.1. The van der Waals surface area contributed by atoms with Crippen molar-refractivity contribution in [3.05, 3.63) is 30.1 Å². The Bertz CT molecular complexity index is 232. The van der Waals surface area contributed by atoms with Crippen molar-refractivity contribution in [3.8, 4) is 0 Å². The van der Waals surface area contributed by atoms with Crippen LogP contribution in [0.5, 0.6) is 0 Å². The molecule has 3 N–H and O–H groups in total. The smallest absolute Gasteiger partial charge is 0.0666 e. The summed E-state index contributed by atoms with van der Waals surface area (Å²) in [5, 5.41) is 9.14. The van der Waals surface area contributed by atoms with Crippen molar-refractivity contribution in [2.24, 2.45) is 5.73 Å². The Balaban J connectivity index is 0. The second kappa shape index (κ2) is 8.00. The maximum Gasteiger partial charge on any atom is 0.0666 e. The van der Waals surface area contributed by atoms with E-state index in [4.69, 9.17) is 10.8 Å². The fraction of sp³-hybridized carbons (Fsp3) is 0.444. The highest BCUT2D eigenvalue weighted by Crippen LogP contribution is 2.02. The summed E-state index contributed by atoms with van der Waals surface area (Å²) in [6, 6.07) is 3.62. The van der Waals surface area contributed by atoms with Gasteiger partial charge in [0, 0.05) is 18.4 Å². The Labute approximate surface area is 96.6 Å². The molecule has 82 valence electrons. The summed E-state index contributed by atoms with van der Waals surface area (Å²) in [7, 11) is 0. The molecule has 0 aliphatic heterocycles. The Kier molecular flexibility index (Phi) is 9.20. The van der Waals surface area contributed by atoms with Gasteiger partial charge in [0.05, 0.1) is 6.10 Å². The normalized spacial score (nSPS) is 13.4. The third-order valence-electron chi connectivity index (χ3n) is 1.84. The van der Waals surface area contributed by atoms with Crippen LogP contribution in [0.2, 0.25) is 0 Å². The fourth-order valence-electron chi connectivity index (χ4n) is 0.962. The number of aromatic nitrogens is 1. The largest absolute Gasteiger partial charge is 0.392 e. The molecule has 0 saturated carbocycles. The van der Waals surface area contributed by atoms with Crippen LogP contribution in [0.25, 0.3) is 0 Å². The second-order valence-electron chi connectivity index (χ2n) is 2.96. The van der Waals surface area contributed by atoms with Gasteiger partial charge in [-0.1, -0.05) is 0 Å². The van der Waals surface area contributed by atoms with E-state index in [2.05, 4.69) is 4.98 Å². The van der Waals surface area contributed by atoms with Crippen LogP contribution in [0.4, 0.5) is 0 Å². The first-order chi connectivity index (χ1) is 5.70. The van der Waals surface area contributed by atoms with E-state index >= 15 is 0 Å². The van der Waals surface area contributed by atoms with Crippen molar-refractivity contribution in [2.45, 2.75) is 25.5 Å². The lowest BCUT2D eigenvalue weighted by molar-refractivity contribution is 0.163. The number of halogens is 2. The van der Waals surface area contributed by atoms with Crippen molar-refractivity contribution in [1.29, 1.82) is 0 Å². The topological polar surface area (TPSA) is 59.1 Å². The zero-order valence-corrected chi connectivity index (χ0v) is 9.59. The predicted octanol–water partition coefficient (Wildman–Crippen LogP) is 1.18. The molecule has 5 heteroatoms. The summed E-state index contributed by atoms with van der Waals surface area (Å²) in [6.45, 7) is 1.70. The molecule has 0 amide bonds. The van der Waals surface area contributed by atoms with Gasteiger partial charge in [-0.2, -0.15) is 0 Å². The van der Waals surface area contributed by atoms with E-state index in [1.54, 1.807) is 19.3 Å². The first-order valence-corrected chi connectivity index (χ1v) is 4.02. The third-order valence-corrected chi connectivity index (χ3v) is 1.84. The molecule has 0 fully saturated rings.